The van der Waals surface area contributed by atoms with Crippen LogP contribution < -0.4 is 10.1 Å². The van der Waals surface area contributed by atoms with E-state index in [0.717, 1.165) is 17.3 Å². The maximum atomic E-state index is 13.2. The molecule has 0 bridgehead atoms. The van der Waals surface area contributed by atoms with Crippen LogP contribution in [0.1, 0.15) is 12.0 Å². The number of rotatable bonds is 7. The molecule has 3 aromatic rings. The van der Waals surface area contributed by atoms with Crippen LogP contribution in [0.5, 0.6) is 5.75 Å². The van der Waals surface area contributed by atoms with E-state index in [1.54, 1.807) is 24.3 Å². The number of amidine groups is 1. The first-order chi connectivity index (χ1) is 17.2. The van der Waals surface area contributed by atoms with E-state index in [1.807, 2.05) is 30.3 Å². The molecule has 0 unspecified atom stereocenters. The molecule has 11 heteroatoms. The van der Waals surface area contributed by atoms with E-state index in [0.29, 0.717) is 21.6 Å². The largest absolute Gasteiger partial charge is 0.487 e. The summed E-state index contributed by atoms with van der Waals surface area (Å²) < 4.78 is 30.1. The number of amides is 2. The average molecular weight is 550 g/mol. The maximum Gasteiger partial charge on any atom is 0.487 e. The van der Waals surface area contributed by atoms with Crippen molar-refractivity contribution in [1.29, 1.82) is 0 Å². The minimum absolute atomic E-state index is 0.0373. The molecule has 1 fully saturated rings. The minimum atomic E-state index is -3.84. The van der Waals surface area contributed by atoms with Crippen LogP contribution in [0.4, 0.5) is 20.2 Å². The number of para-hydroxylation sites is 1. The van der Waals surface area contributed by atoms with Gasteiger partial charge in [0.25, 0.3) is 0 Å². The normalized spacial score (nSPS) is 17.2. The smallest absolute Gasteiger partial charge is 0.420 e. The molecule has 0 spiro atoms. The zero-order chi connectivity index (χ0) is 25.7. The molecule has 1 saturated heterocycles. The lowest BCUT2D eigenvalue weighted by atomic mass is 10.2. The van der Waals surface area contributed by atoms with Gasteiger partial charge in [0, 0.05) is 18.0 Å². The fraction of sp³-hybridized carbons (Fsp3) is 0.160. The molecular formula is C25H19Cl2F2N3O3S. The Hall–Kier alpha value is -3.14. The van der Waals surface area contributed by atoms with E-state index in [9.17, 15) is 18.4 Å². The summed E-state index contributed by atoms with van der Waals surface area (Å²) in [5.41, 5.74) is -2.14. The summed E-state index contributed by atoms with van der Waals surface area (Å²) in [6, 6.07) is 21.6. The number of ether oxygens (including phenoxy) is 1. The summed E-state index contributed by atoms with van der Waals surface area (Å²) in [5.74, 6) is -0.816. The lowest BCUT2D eigenvalue weighted by Crippen LogP contribution is -2.44. The first-order valence-electron chi connectivity index (χ1n) is 10.7. The second kappa shape index (κ2) is 11.3. The van der Waals surface area contributed by atoms with Gasteiger partial charge in [-0.15, -0.1) is 8.78 Å². The third kappa shape index (κ3) is 6.96. The molecule has 1 aliphatic heterocycles. The minimum Gasteiger partial charge on any atom is -0.420 e. The van der Waals surface area contributed by atoms with Crippen molar-refractivity contribution in [3.8, 4) is 5.75 Å². The van der Waals surface area contributed by atoms with Crippen LogP contribution in [0.15, 0.2) is 83.9 Å². The zero-order valence-electron chi connectivity index (χ0n) is 18.5. The first kappa shape index (κ1) is 25.9. The van der Waals surface area contributed by atoms with Crippen LogP contribution in [0, 0.1) is 0 Å². The van der Waals surface area contributed by atoms with E-state index < -0.39 is 10.8 Å². The van der Waals surface area contributed by atoms with Crippen LogP contribution in [0.2, 0.25) is 5.02 Å². The molecule has 1 heterocycles. The van der Waals surface area contributed by atoms with Gasteiger partial charge in [-0.3, -0.25) is 14.5 Å². The zero-order valence-corrected chi connectivity index (χ0v) is 20.9. The molecule has 1 aliphatic rings. The fourth-order valence-electron chi connectivity index (χ4n) is 3.37. The maximum absolute atomic E-state index is 13.2. The molecule has 0 saturated carbocycles. The van der Waals surface area contributed by atoms with Crippen molar-refractivity contribution in [1.82, 2.24) is 4.90 Å². The highest BCUT2D eigenvalue weighted by Gasteiger charge is 2.36. The van der Waals surface area contributed by atoms with Gasteiger partial charge in [-0.25, -0.2) is 4.99 Å². The van der Waals surface area contributed by atoms with Crippen LogP contribution in [0.25, 0.3) is 0 Å². The van der Waals surface area contributed by atoms with E-state index in [1.165, 1.54) is 29.2 Å². The van der Waals surface area contributed by atoms with Gasteiger partial charge in [0.05, 0.1) is 22.9 Å². The number of benzene rings is 3. The molecule has 6 nitrogen and oxygen atoms in total. The van der Waals surface area contributed by atoms with Crippen LogP contribution in [-0.2, 0) is 16.1 Å². The summed E-state index contributed by atoms with van der Waals surface area (Å²) in [4.78, 5) is 32.2. The van der Waals surface area contributed by atoms with Gasteiger partial charge in [0.1, 0.15) is 11.0 Å². The average Bonchev–Trinajstić information content (AvgIpc) is 2.83. The standard InChI is InChI=1S/C25H19Cl2F2N3O3S/c26-19-8-4-5-9-20(19)31-23(34)21-14-22(33)32(15-16-6-2-1-3-7-16)24(36-21)30-17-10-12-18(13-11-17)35-25(27,28)29/h1-13,21H,14-15H2,(H,31,34)/t21-/m1/s1. The van der Waals surface area contributed by atoms with Gasteiger partial charge < -0.3 is 10.1 Å². The molecule has 3 aromatic carbocycles. The highest BCUT2D eigenvalue weighted by atomic mass is 35.5. The third-order valence-corrected chi connectivity index (χ3v) is 6.64. The second-order valence-corrected chi connectivity index (χ2v) is 9.70. The molecule has 1 atom stereocenters. The Morgan fingerprint density at radius 1 is 1.08 bits per heavy atom. The summed E-state index contributed by atoms with van der Waals surface area (Å²) in [6.45, 7) is 0.254. The molecule has 36 heavy (non-hydrogen) atoms. The van der Waals surface area contributed by atoms with E-state index in [-0.39, 0.29) is 30.5 Å². The molecule has 186 valence electrons. The molecule has 4 rings (SSSR count). The van der Waals surface area contributed by atoms with Gasteiger partial charge >= 0.3 is 5.57 Å². The van der Waals surface area contributed by atoms with Crippen molar-refractivity contribution in [2.24, 2.45) is 4.99 Å². The highest BCUT2D eigenvalue weighted by Crippen LogP contribution is 2.33. The SMILES string of the molecule is O=C(Nc1ccccc1Cl)[C@H]1CC(=O)N(Cc2ccccc2)C(=Nc2ccc(OC(F)(F)Cl)cc2)S1. The predicted molar refractivity (Wildman–Crippen MR) is 138 cm³/mol. The van der Waals surface area contributed by atoms with Gasteiger partial charge in [-0.05, 0) is 42.0 Å². The molecule has 0 aliphatic carbocycles. The Balaban J connectivity index is 1.59. The van der Waals surface area contributed by atoms with Gasteiger partial charge in [0.15, 0.2) is 5.17 Å². The first-order valence-corrected chi connectivity index (χ1v) is 12.3. The van der Waals surface area contributed by atoms with Crippen LogP contribution >= 0.6 is 35.0 Å². The summed E-state index contributed by atoms with van der Waals surface area (Å²) in [6.07, 6.45) is -0.0373. The van der Waals surface area contributed by atoms with E-state index >= 15 is 0 Å². The summed E-state index contributed by atoms with van der Waals surface area (Å²) >= 11 is 12.1. The highest BCUT2D eigenvalue weighted by molar-refractivity contribution is 8.15. The number of hydrogen-bond donors (Lipinski definition) is 1. The third-order valence-electron chi connectivity index (χ3n) is 5.04. The second-order valence-electron chi connectivity index (χ2n) is 7.68. The molecular weight excluding hydrogens is 531 g/mol. The Kier molecular flexibility index (Phi) is 8.13. The lowest BCUT2D eigenvalue weighted by molar-refractivity contribution is -0.129. The summed E-state index contributed by atoms with van der Waals surface area (Å²) in [5, 5.41) is 2.68. The van der Waals surface area contributed by atoms with E-state index in [2.05, 4.69) is 15.0 Å². The van der Waals surface area contributed by atoms with Crippen molar-refractivity contribution < 1.29 is 23.1 Å². The van der Waals surface area contributed by atoms with E-state index in [4.69, 9.17) is 23.2 Å². The number of carbonyl (C=O) groups excluding carboxylic acids is 2. The number of nitrogens with zero attached hydrogens (tertiary/aromatic N) is 2. The van der Waals surface area contributed by atoms with Crippen molar-refractivity contribution >= 4 is 63.3 Å². The van der Waals surface area contributed by atoms with Crippen molar-refractivity contribution in [3.05, 3.63) is 89.4 Å². The van der Waals surface area contributed by atoms with Gasteiger partial charge in [-0.1, -0.05) is 65.8 Å². The number of carbonyl (C=O) groups is 2. The monoisotopic (exact) mass is 549 g/mol. The Labute approximate surface area is 220 Å². The number of nitrogens with one attached hydrogen (secondary N) is 1. The molecule has 0 radical (unpaired) electrons. The van der Waals surface area contributed by atoms with Crippen LogP contribution in [0.3, 0.4) is 0 Å². The van der Waals surface area contributed by atoms with Crippen molar-refractivity contribution in [2.75, 3.05) is 5.32 Å². The number of alkyl halides is 3. The lowest BCUT2D eigenvalue weighted by Gasteiger charge is -2.32. The number of halogens is 4. The Bertz CT molecular complexity index is 1270. The fourth-order valence-corrected chi connectivity index (χ4v) is 4.74. The van der Waals surface area contributed by atoms with Crippen LogP contribution in [-0.4, -0.2) is 32.7 Å². The number of thioether (sulfide) groups is 1. The Morgan fingerprint density at radius 2 is 1.75 bits per heavy atom. The van der Waals surface area contributed by atoms with Gasteiger partial charge in [0.2, 0.25) is 11.8 Å². The topological polar surface area (TPSA) is 71.0 Å². The number of anilines is 1. The molecule has 1 N–H and O–H groups in total. The molecule has 0 aromatic heterocycles. The number of hydrogen-bond acceptors (Lipinski definition) is 5. The van der Waals surface area contributed by atoms with Gasteiger partial charge in [-0.2, -0.15) is 0 Å². The van der Waals surface area contributed by atoms with Crippen molar-refractivity contribution in [2.45, 2.75) is 23.8 Å². The van der Waals surface area contributed by atoms with Crippen molar-refractivity contribution in [3.63, 3.8) is 0 Å². The number of aliphatic imine (C=N–C) groups is 1. The summed E-state index contributed by atoms with van der Waals surface area (Å²) in [7, 11) is 0. The predicted octanol–water partition coefficient (Wildman–Crippen LogP) is 6.67. The molecule has 2 amide bonds. The quantitative estimate of drug-likeness (QED) is 0.334. The Morgan fingerprint density at radius 3 is 2.42 bits per heavy atom.